The first kappa shape index (κ1) is 31.7. The van der Waals surface area contributed by atoms with Gasteiger partial charge in [-0.3, -0.25) is 14.5 Å². The molecule has 0 unspecified atom stereocenters. The van der Waals surface area contributed by atoms with Gasteiger partial charge in [0.2, 0.25) is 0 Å². The molecule has 0 N–H and O–H groups in total. The second-order valence-corrected chi connectivity index (χ2v) is 15.1. The second kappa shape index (κ2) is 11.6. The fourth-order valence-electron chi connectivity index (χ4n) is 8.86. The molecule has 0 aliphatic heterocycles. The third kappa shape index (κ3) is 4.38. The summed E-state index contributed by atoms with van der Waals surface area (Å²) < 4.78 is 28.3. The van der Waals surface area contributed by atoms with Gasteiger partial charge in [0.25, 0.3) is 0 Å². The number of carbonyl (C=O) groups is 2. The lowest BCUT2D eigenvalue weighted by molar-refractivity contribution is 0.0990. The van der Waals surface area contributed by atoms with E-state index in [9.17, 15) is 18.4 Å². The van der Waals surface area contributed by atoms with Crippen molar-refractivity contribution in [3.63, 3.8) is 0 Å². The van der Waals surface area contributed by atoms with Crippen molar-refractivity contribution in [2.75, 3.05) is 4.90 Å². The Morgan fingerprint density at radius 2 is 1.18 bits per heavy atom. The molecule has 1 spiro atoms. The molecule has 55 heavy (non-hydrogen) atoms. The number of hydrogen-bond donors (Lipinski definition) is 0. The third-order valence-corrected chi connectivity index (χ3v) is 12.3. The number of halogens is 2. The molecule has 3 aliphatic rings. The van der Waals surface area contributed by atoms with Gasteiger partial charge in [-0.25, -0.2) is 13.8 Å². The maximum Gasteiger partial charge on any atom is 0.197 e. The van der Waals surface area contributed by atoms with Gasteiger partial charge in [-0.05, 0) is 106 Å². The van der Waals surface area contributed by atoms with E-state index >= 15 is 0 Å². The quantitative estimate of drug-likeness (QED) is 0.134. The number of anilines is 3. The number of rotatable bonds is 4. The Hall–Kier alpha value is -6.83. The molecule has 0 amide bonds. The van der Waals surface area contributed by atoms with E-state index in [1.807, 2.05) is 36.4 Å². The van der Waals surface area contributed by atoms with Gasteiger partial charge in [0, 0.05) is 37.6 Å². The van der Waals surface area contributed by atoms with Gasteiger partial charge in [-0.15, -0.1) is 11.3 Å². The predicted octanol–water partition coefficient (Wildman–Crippen LogP) is 11.9. The van der Waals surface area contributed by atoms with Gasteiger partial charge >= 0.3 is 0 Å². The summed E-state index contributed by atoms with van der Waals surface area (Å²) in [6.07, 6.45) is 1.58. The van der Waals surface area contributed by atoms with Gasteiger partial charge in [0.15, 0.2) is 23.2 Å². The van der Waals surface area contributed by atoms with E-state index in [0.29, 0.717) is 4.88 Å². The van der Waals surface area contributed by atoms with Crippen molar-refractivity contribution in [3.05, 3.63) is 207 Å². The van der Waals surface area contributed by atoms with Crippen LogP contribution in [0.2, 0.25) is 0 Å². The summed E-state index contributed by atoms with van der Waals surface area (Å²) in [5.41, 5.74) is 9.59. The highest BCUT2D eigenvalue weighted by Gasteiger charge is 2.53. The van der Waals surface area contributed by atoms with Gasteiger partial charge in [-0.1, -0.05) is 91.0 Å². The lowest BCUT2D eigenvalue weighted by Gasteiger charge is -2.31. The Morgan fingerprint density at radius 1 is 0.545 bits per heavy atom. The number of carbonyl (C=O) groups excluding carboxylic acids is 2. The van der Waals surface area contributed by atoms with Crippen molar-refractivity contribution < 1.29 is 18.4 Å². The average Bonchev–Trinajstić information content (AvgIpc) is 3.91. The number of para-hydroxylation sites is 2. The highest BCUT2D eigenvalue weighted by atomic mass is 32.1. The lowest BCUT2D eigenvalue weighted by Crippen LogP contribution is -2.26. The molecule has 11 rings (SSSR count). The minimum atomic E-state index is -1.16. The molecule has 7 heteroatoms. The Kier molecular flexibility index (Phi) is 6.67. The summed E-state index contributed by atoms with van der Waals surface area (Å²) in [4.78, 5) is 36.0. The largest absolute Gasteiger partial charge is 0.295 e. The van der Waals surface area contributed by atoms with Crippen LogP contribution in [-0.4, -0.2) is 16.6 Å². The fourth-order valence-corrected chi connectivity index (χ4v) is 10.1. The minimum Gasteiger partial charge on any atom is -0.295 e. The zero-order chi connectivity index (χ0) is 37.0. The van der Waals surface area contributed by atoms with E-state index in [1.54, 1.807) is 6.08 Å². The summed E-state index contributed by atoms with van der Waals surface area (Å²) in [6.45, 7) is 0. The number of Topliss-reactive ketones (excluding diaryl/α,β-unsaturated/α-hetero) is 2. The highest BCUT2D eigenvalue weighted by Crippen LogP contribution is 2.65. The van der Waals surface area contributed by atoms with Gasteiger partial charge in [0.1, 0.15) is 5.82 Å². The molecule has 2 heterocycles. The third-order valence-electron chi connectivity index (χ3n) is 11.2. The molecule has 0 saturated heterocycles. The normalized spacial score (nSPS) is 14.2. The Morgan fingerprint density at radius 3 is 1.89 bits per heavy atom. The molecule has 0 saturated carbocycles. The minimum absolute atomic E-state index is 0.0989. The molecule has 0 bridgehead atoms. The SMILES string of the molecule is O=C1C(=Cc2cc3c(s2)-c2ccc(N(c4ccccc4)c4ccc5ccccc5n4)cc2C32c3ccccc3-c3ccccc32)C(=O)c2cc(F)c(F)cc21. The number of pyridine rings is 1. The smallest absolute Gasteiger partial charge is 0.197 e. The molecule has 3 aliphatic carbocycles. The van der Waals surface area contributed by atoms with Crippen LogP contribution in [0.3, 0.4) is 0 Å². The van der Waals surface area contributed by atoms with Crippen LogP contribution < -0.4 is 4.90 Å². The maximum atomic E-state index is 14.2. The molecule has 260 valence electrons. The van der Waals surface area contributed by atoms with Gasteiger partial charge in [-0.2, -0.15) is 0 Å². The Bertz CT molecular complexity index is 2930. The van der Waals surface area contributed by atoms with E-state index < -0.39 is 28.6 Å². The number of allylic oxidation sites excluding steroid dienone is 1. The first-order valence-electron chi connectivity index (χ1n) is 17.9. The topological polar surface area (TPSA) is 50.3 Å². The van der Waals surface area contributed by atoms with Crippen molar-refractivity contribution in [1.82, 2.24) is 4.98 Å². The molecule has 8 aromatic rings. The molecular weight excluding hydrogens is 707 g/mol. The molecule has 6 aromatic carbocycles. The summed E-state index contributed by atoms with van der Waals surface area (Å²) in [7, 11) is 0. The monoisotopic (exact) mass is 732 g/mol. The number of fused-ring (bicyclic) bond motifs is 12. The van der Waals surface area contributed by atoms with Crippen LogP contribution in [0.1, 0.15) is 47.8 Å². The molecule has 0 fully saturated rings. The van der Waals surface area contributed by atoms with Crippen molar-refractivity contribution in [1.29, 1.82) is 0 Å². The van der Waals surface area contributed by atoms with Crippen LogP contribution >= 0.6 is 11.3 Å². The molecular formula is C48H26F2N2O2S. The van der Waals surface area contributed by atoms with Crippen molar-refractivity contribution in [2.45, 2.75) is 5.41 Å². The number of ketones is 2. The van der Waals surface area contributed by atoms with Crippen LogP contribution in [0.4, 0.5) is 26.0 Å². The Labute approximate surface area is 318 Å². The summed E-state index contributed by atoms with van der Waals surface area (Å²) >= 11 is 1.50. The van der Waals surface area contributed by atoms with Crippen LogP contribution in [0.25, 0.3) is 38.5 Å². The van der Waals surface area contributed by atoms with E-state index in [-0.39, 0.29) is 16.7 Å². The second-order valence-electron chi connectivity index (χ2n) is 14.0. The lowest BCUT2D eigenvalue weighted by atomic mass is 9.71. The van der Waals surface area contributed by atoms with Crippen molar-refractivity contribution in [2.24, 2.45) is 0 Å². The Balaban J connectivity index is 1.14. The first-order chi connectivity index (χ1) is 26.9. The number of benzene rings is 6. The maximum absolute atomic E-state index is 14.2. The fraction of sp³-hybridized carbons (Fsp3) is 0.0208. The zero-order valence-electron chi connectivity index (χ0n) is 28.9. The number of hydrogen-bond acceptors (Lipinski definition) is 5. The van der Waals surface area contributed by atoms with Crippen LogP contribution in [-0.2, 0) is 5.41 Å². The van der Waals surface area contributed by atoms with E-state index in [2.05, 4.69) is 108 Å². The van der Waals surface area contributed by atoms with E-state index in [0.717, 1.165) is 84.0 Å². The van der Waals surface area contributed by atoms with Crippen LogP contribution in [0.5, 0.6) is 0 Å². The van der Waals surface area contributed by atoms with E-state index in [4.69, 9.17) is 4.98 Å². The first-order valence-corrected chi connectivity index (χ1v) is 18.7. The number of aromatic nitrogens is 1. The highest BCUT2D eigenvalue weighted by molar-refractivity contribution is 7.16. The predicted molar refractivity (Wildman–Crippen MR) is 214 cm³/mol. The number of nitrogens with zero attached hydrogens (tertiary/aromatic N) is 2. The van der Waals surface area contributed by atoms with E-state index in [1.165, 1.54) is 11.3 Å². The summed E-state index contributed by atoms with van der Waals surface area (Å²) in [5, 5.41) is 1.06. The number of thiophene rings is 1. The van der Waals surface area contributed by atoms with Crippen LogP contribution in [0.15, 0.2) is 157 Å². The molecule has 4 nitrogen and oxygen atoms in total. The summed E-state index contributed by atoms with van der Waals surface area (Å²) in [5.74, 6) is -2.73. The molecule has 2 aromatic heterocycles. The zero-order valence-corrected chi connectivity index (χ0v) is 29.7. The van der Waals surface area contributed by atoms with Gasteiger partial charge < -0.3 is 0 Å². The van der Waals surface area contributed by atoms with Crippen molar-refractivity contribution >= 4 is 57.1 Å². The molecule has 0 atom stereocenters. The average molecular weight is 733 g/mol. The summed E-state index contributed by atoms with van der Waals surface area (Å²) in [6, 6.07) is 49.8. The van der Waals surface area contributed by atoms with Crippen molar-refractivity contribution in [3.8, 4) is 21.6 Å². The van der Waals surface area contributed by atoms with Crippen LogP contribution in [0, 0.1) is 11.6 Å². The standard InChI is InChI=1S/C48H26F2N2O2S/c49-41-25-34-35(26-42(41)50)46(54)36(45(34)53)23-30-24-40-47(55-30)33-20-19-29(22-39(33)48(40)37-15-7-5-13-31(37)32-14-6-8-16-38(32)48)52(28-11-2-1-3-12-28)44-21-18-27-10-4-9-17-43(27)51-44/h1-26H. The van der Waals surface area contributed by atoms with Gasteiger partial charge in [0.05, 0.1) is 16.5 Å². The molecule has 0 radical (unpaired) electrons.